The summed E-state index contributed by atoms with van der Waals surface area (Å²) in [6.45, 7) is 0. The molecule has 0 amide bonds. The van der Waals surface area contributed by atoms with E-state index in [2.05, 4.69) is 21.1 Å². The lowest BCUT2D eigenvalue weighted by Crippen LogP contribution is -1.90. The molecule has 1 aromatic heterocycles. The van der Waals surface area contributed by atoms with Crippen LogP contribution in [0.5, 0.6) is 0 Å². The summed E-state index contributed by atoms with van der Waals surface area (Å²) < 4.78 is 5.69. The van der Waals surface area contributed by atoms with Crippen molar-refractivity contribution >= 4 is 15.9 Å². The van der Waals surface area contributed by atoms with E-state index in [9.17, 15) is 0 Å². The molecular weight excluding hydrogens is 206 g/mol. The second-order valence-electron chi connectivity index (χ2n) is 3.04. The largest absolute Gasteiger partial charge is 0.349 e. The maximum Gasteiger partial charge on any atom is 0.202 e. The van der Waals surface area contributed by atoms with Gasteiger partial charge in [-0.05, 0) is 28.8 Å². The Kier molecular flexibility index (Phi) is 1.98. The van der Waals surface area contributed by atoms with Gasteiger partial charge in [0.25, 0.3) is 0 Å². The van der Waals surface area contributed by atoms with Crippen LogP contribution in [0.4, 0.5) is 0 Å². The summed E-state index contributed by atoms with van der Waals surface area (Å²) in [5.41, 5.74) is 1.12. The highest BCUT2D eigenvalue weighted by molar-refractivity contribution is 9.10. The van der Waals surface area contributed by atoms with Gasteiger partial charge in [-0.25, -0.2) is 0 Å². The monoisotopic (exact) mass is 215 g/mol. The number of nitrogens with zero attached hydrogens (tertiary/aromatic N) is 1. The molecule has 0 aromatic carbocycles. The Hall–Kier alpha value is -0.310. The molecule has 1 heterocycles. The van der Waals surface area contributed by atoms with Crippen molar-refractivity contribution in [2.45, 2.75) is 31.6 Å². The third-order valence-corrected chi connectivity index (χ3v) is 2.65. The van der Waals surface area contributed by atoms with Gasteiger partial charge in [0, 0.05) is 12.0 Å². The Balaban J connectivity index is 2.15. The molecule has 3 heteroatoms. The number of hydrogen-bond acceptors (Lipinski definition) is 2. The Labute approximate surface area is 74.1 Å². The molecule has 0 N–H and O–H groups in total. The molecule has 0 atom stereocenters. The Morgan fingerprint density at radius 3 is 2.73 bits per heavy atom. The zero-order valence-corrected chi connectivity index (χ0v) is 7.80. The van der Waals surface area contributed by atoms with E-state index in [1.165, 1.54) is 25.7 Å². The highest BCUT2D eigenvalue weighted by Crippen LogP contribution is 2.34. The van der Waals surface area contributed by atoms with Gasteiger partial charge < -0.3 is 4.52 Å². The van der Waals surface area contributed by atoms with Crippen LogP contribution >= 0.6 is 15.9 Å². The van der Waals surface area contributed by atoms with Crippen LogP contribution < -0.4 is 0 Å². The molecule has 0 bridgehead atoms. The molecule has 0 unspecified atom stereocenters. The first-order chi connectivity index (χ1) is 5.36. The quantitative estimate of drug-likeness (QED) is 0.720. The zero-order valence-electron chi connectivity index (χ0n) is 6.22. The third kappa shape index (κ3) is 1.48. The summed E-state index contributed by atoms with van der Waals surface area (Å²) >= 11 is 3.25. The minimum absolute atomic E-state index is 0.657. The van der Waals surface area contributed by atoms with Gasteiger partial charge in [0.2, 0.25) is 4.67 Å². The summed E-state index contributed by atoms with van der Waals surface area (Å²) in [6.07, 6.45) is 5.24. The van der Waals surface area contributed by atoms with E-state index in [-0.39, 0.29) is 0 Å². The maximum atomic E-state index is 4.94. The summed E-state index contributed by atoms with van der Waals surface area (Å²) in [5, 5.41) is 3.98. The van der Waals surface area contributed by atoms with Crippen LogP contribution in [0.3, 0.4) is 0 Å². The average Bonchev–Trinajstić information content (AvgIpc) is 2.55. The fourth-order valence-corrected chi connectivity index (χ4v) is 1.99. The lowest BCUT2D eigenvalue weighted by Gasteiger charge is -2.00. The van der Waals surface area contributed by atoms with Crippen LogP contribution in [0.25, 0.3) is 0 Å². The fourth-order valence-electron chi connectivity index (χ4n) is 1.68. The standard InChI is InChI=1S/C8H10BrNO/c9-8-5-7(10-11-8)6-3-1-2-4-6/h5-6H,1-4H2. The highest BCUT2D eigenvalue weighted by atomic mass is 79.9. The minimum atomic E-state index is 0.657. The molecule has 11 heavy (non-hydrogen) atoms. The third-order valence-electron chi connectivity index (χ3n) is 2.27. The lowest BCUT2D eigenvalue weighted by molar-refractivity contribution is 0.387. The van der Waals surface area contributed by atoms with E-state index in [1.807, 2.05) is 6.07 Å². The van der Waals surface area contributed by atoms with Crippen molar-refractivity contribution in [1.29, 1.82) is 0 Å². The molecule has 0 aliphatic heterocycles. The summed E-state index contributed by atoms with van der Waals surface area (Å²) in [6, 6.07) is 1.98. The van der Waals surface area contributed by atoms with E-state index in [1.54, 1.807) is 0 Å². The second kappa shape index (κ2) is 2.97. The van der Waals surface area contributed by atoms with Crippen LogP contribution in [-0.2, 0) is 0 Å². The summed E-state index contributed by atoms with van der Waals surface area (Å²) in [7, 11) is 0. The number of aromatic nitrogens is 1. The minimum Gasteiger partial charge on any atom is -0.349 e. The zero-order chi connectivity index (χ0) is 7.68. The van der Waals surface area contributed by atoms with Crippen molar-refractivity contribution in [1.82, 2.24) is 5.16 Å². The summed E-state index contributed by atoms with van der Waals surface area (Å²) in [4.78, 5) is 0. The Bertz CT molecular complexity index is 240. The molecule has 2 rings (SSSR count). The van der Waals surface area contributed by atoms with Gasteiger partial charge in [0.05, 0.1) is 5.69 Å². The van der Waals surface area contributed by atoms with Gasteiger partial charge >= 0.3 is 0 Å². The van der Waals surface area contributed by atoms with Gasteiger partial charge in [-0.3, -0.25) is 0 Å². The van der Waals surface area contributed by atoms with E-state index < -0.39 is 0 Å². The SMILES string of the molecule is Brc1cc(C2CCCC2)no1. The first kappa shape index (κ1) is 7.35. The van der Waals surface area contributed by atoms with E-state index in [4.69, 9.17) is 4.52 Å². The molecular formula is C8H10BrNO. The molecule has 2 nitrogen and oxygen atoms in total. The number of hydrogen-bond donors (Lipinski definition) is 0. The molecule has 0 spiro atoms. The van der Waals surface area contributed by atoms with Gasteiger partial charge in [0.15, 0.2) is 0 Å². The smallest absolute Gasteiger partial charge is 0.202 e. The fraction of sp³-hybridized carbons (Fsp3) is 0.625. The highest BCUT2D eigenvalue weighted by Gasteiger charge is 2.19. The molecule has 0 radical (unpaired) electrons. The van der Waals surface area contributed by atoms with Crippen LogP contribution in [0.2, 0.25) is 0 Å². The van der Waals surface area contributed by atoms with E-state index >= 15 is 0 Å². The number of rotatable bonds is 1. The first-order valence-electron chi connectivity index (χ1n) is 3.98. The van der Waals surface area contributed by atoms with Gasteiger partial charge in [-0.2, -0.15) is 0 Å². The van der Waals surface area contributed by atoms with Crippen LogP contribution in [0, 0.1) is 0 Å². The normalized spacial score (nSPS) is 19.4. The second-order valence-corrected chi connectivity index (χ2v) is 3.82. The number of halogens is 1. The van der Waals surface area contributed by atoms with Crippen LogP contribution in [-0.4, -0.2) is 5.16 Å². The molecule has 1 saturated carbocycles. The molecule has 60 valence electrons. The average molecular weight is 216 g/mol. The van der Waals surface area contributed by atoms with Gasteiger partial charge in [-0.1, -0.05) is 18.0 Å². The van der Waals surface area contributed by atoms with Crippen molar-refractivity contribution in [3.63, 3.8) is 0 Å². The van der Waals surface area contributed by atoms with Crippen molar-refractivity contribution < 1.29 is 4.52 Å². The Morgan fingerprint density at radius 1 is 1.45 bits per heavy atom. The Morgan fingerprint density at radius 2 is 2.18 bits per heavy atom. The van der Waals surface area contributed by atoms with Gasteiger partial charge in [0.1, 0.15) is 0 Å². The predicted octanol–water partition coefficient (Wildman–Crippen LogP) is 3.09. The summed E-state index contributed by atoms with van der Waals surface area (Å²) in [5.74, 6) is 0.657. The van der Waals surface area contributed by atoms with Crippen molar-refractivity contribution in [2.24, 2.45) is 0 Å². The molecule has 1 aliphatic carbocycles. The van der Waals surface area contributed by atoms with Gasteiger partial charge in [-0.15, -0.1) is 0 Å². The van der Waals surface area contributed by atoms with Crippen molar-refractivity contribution in [3.8, 4) is 0 Å². The predicted molar refractivity (Wildman–Crippen MR) is 45.4 cm³/mol. The lowest BCUT2D eigenvalue weighted by atomic mass is 10.1. The van der Waals surface area contributed by atoms with Crippen molar-refractivity contribution in [3.05, 3.63) is 16.4 Å². The van der Waals surface area contributed by atoms with E-state index in [0.29, 0.717) is 5.92 Å². The molecule has 1 fully saturated rings. The van der Waals surface area contributed by atoms with Crippen LogP contribution in [0.1, 0.15) is 37.3 Å². The van der Waals surface area contributed by atoms with Crippen molar-refractivity contribution in [2.75, 3.05) is 0 Å². The van der Waals surface area contributed by atoms with E-state index in [0.717, 1.165) is 10.4 Å². The topological polar surface area (TPSA) is 26.0 Å². The molecule has 1 aliphatic rings. The molecule has 1 aromatic rings. The molecule has 0 saturated heterocycles. The van der Waals surface area contributed by atoms with Crippen LogP contribution in [0.15, 0.2) is 15.3 Å². The first-order valence-corrected chi connectivity index (χ1v) is 4.77. The maximum absolute atomic E-state index is 4.94.